The van der Waals surface area contributed by atoms with Crippen molar-refractivity contribution < 1.29 is 4.79 Å². The molecule has 1 unspecified atom stereocenters. The molecule has 4 aromatic rings. The van der Waals surface area contributed by atoms with Gasteiger partial charge < -0.3 is 15.2 Å². The van der Waals surface area contributed by atoms with Gasteiger partial charge in [-0.1, -0.05) is 73.4 Å². The second-order valence-electron chi connectivity index (χ2n) is 10.6. The largest absolute Gasteiger partial charge is 0.356 e. The number of rotatable bonds is 3. The third kappa shape index (κ3) is 4.16. The van der Waals surface area contributed by atoms with Crippen LogP contribution in [0.25, 0.3) is 10.9 Å². The van der Waals surface area contributed by atoms with Gasteiger partial charge in [0.25, 0.3) is 0 Å². The highest BCUT2D eigenvalue weighted by Gasteiger charge is 2.35. The van der Waals surface area contributed by atoms with Gasteiger partial charge in [-0.25, -0.2) is 4.79 Å². The lowest BCUT2D eigenvalue weighted by Gasteiger charge is -2.36. The quantitative estimate of drug-likeness (QED) is 0.332. The summed E-state index contributed by atoms with van der Waals surface area (Å²) in [7, 11) is -1.41. The van der Waals surface area contributed by atoms with Crippen LogP contribution in [0.15, 0.2) is 66.7 Å². The number of aromatic nitrogens is 1. The summed E-state index contributed by atoms with van der Waals surface area (Å²) in [6, 6.07) is 23.4. The second kappa shape index (κ2) is 8.48. The lowest BCUT2D eigenvalue weighted by molar-refractivity contribution is 0.193. The van der Waals surface area contributed by atoms with Crippen molar-refractivity contribution in [1.29, 1.82) is 0 Å². The first-order chi connectivity index (χ1) is 16.2. The molecule has 0 fully saturated rings. The third-order valence-electron chi connectivity index (χ3n) is 6.86. The van der Waals surface area contributed by atoms with Crippen molar-refractivity contribution in [2.45, 2.75) is 46.0 Å². The Bertz CT molecular complexity index is 1340. The maximum absolute atomic E-state index is 13.6. The molecule has 0 saturated carbocycles. The Morgan fingerprint density at radius 3 is 2.32 bits per heavy atom. The molecule has 0 aliphatic carbocycles. The molecule has 1 aliphatic heterocycles. The number of urea groups is 1. The monoisotopic (exact) mass is 467 g/mol. The van der Waals surface area contributed by atoms with E-state index in [-0.39, 0.29) is 12.1 Å². The van der Waals surface area contributed by atoms with Gasteiger partial charge in [0, 0.05) is 28.8 Å². The number of anilines is 1. The molecule has 0 bridgehead atoms. The summed E-state index contributed by atoms with van der Waals surface area (Å²) in [5.41, 5.74) is 7.86. The number of nitrogens with zero attached hydrogens (tertiary/aromatic N) is 1. The average Bonchev–Trinajstić information content (AvgIpc) is 3.16. The number of H-pyrrole nitrogens is 1. The summed E-state index contributed by atoms with van der Waals surface area (Å²) in [5, 5.41) is 5.86. The van der Waals surface area contributed by atoms with E-state index in [1.807, 2.05) is 17.0 Å². The van der Waals surface area contributed by atoms with E-state index >= 15 is 0 Å². The van der Waals surface area contributed by atoms with E-state index in [1.165, 1.54) is 16.1 Å². The van der Waals surface area contributed by atoms with Gasteiger partial charge in [-0.05, 0) is 60.7 Å². The molecule has 2 N–H and O–H groups in total. The molecule has 5 heteroatoms. The van der Waals surface area contributed by atoms with E-state index in [0.717, 1.165) is 40.0 Å². The number of carbonyl (C=O) groups excluding carboxylic acids is 1. The highest BCUT2D eigenvalue weighted by Crippen LogP contribution is 2.38. The highest BCUT2D eigenvalue weighted by atomic mass is 28.3. The third-order valence-corrected chi connectivity index (χ3v) is 8.93. The van der Waals surface area contributed by atoms with Crippen LogP contribution in [0.3, 0.4) is 0 Å². The van der Waals surface area contributed by atoms with Crippen molar-refractivity contribution in [2.24, 2.45) is 0 Å². The number of fused-ring (bicyclic) bond motifs is 3. The Kier molecular flexibility index (Phi) is 5.60. The Morgan fingerprint density at radius 1 is 0.971 bits per heavy atom. The van der Waals surface area contributed by atoms with E-state index in [9.17, 15) is 4.79 Å². The number of nitrogens with one attached hydrogen (secondary N) is 2. The highest BCUT2D eigenvalue weighted by molar-refractivity contribution is 6.88. The van der Waals surface area contributed by atoms with Gasteiger partial charge in [-0.3, -0.25) is 0 Å². The molecule has 2 heterocycles. The van der Waals surface area contributed by atoms with Crippen molar-refractivity contribution in [3.8, 4) is 0 Å². The van der Waals surface area contributed by atoms with E-state index in [4.69, 9.17) is 0 Å². The molecule has 1 atom stereocenters. The molecule has 3 aromatic carbocycles. The molecule has 1 aromatic heterocycles. The molecule has 2 amide bonds. The Hall–Kier alpha value is -3.31. The van der Waals surface area contributed by atoms with Gasteiger partial charge in [-0.2, -0.15) is 0 Å². The molecule has 0 radical (unpaired) electrons. The Balaban J connectivity index is 1.57. The van der Waals surface area contributed by atoms with Crippen molar-refractivity contribution in [1.82, 2.24) is 9.88 Å². The number of para-hydroxylation sites is 1. The van der Waals surface area contributed by atoms with Crippen LogP contribution < -0.4 is 10.5 Å². The van der Waals surface area contributed by atoms with Gasteiger partial charge in [0.05, 0.1) is 14.1 Å². The van der Waals surface area contributed by atoms with Gasteiger partial charge in [0.15, 0.2) is 0 Å². The van der Waals surface area contributed by atoms with Crippen molar-refractivity contribution >= 4 is 35.9 Å². The molecule has 0 spiro atoms. The standard InChI is InChI=1S/C29H33N3OSi/c1-19-16-20(2)18-22(17-19)30-29(33)32-15-14-25-24-8-6-7-9-26(24)31-27(25)28(32)21-10-12-23(13-11-21)34(3,4)5/h6-13,16-18,28,31H,14-15H2,1-5H3,(H,30,33). The van der Waals surface area contributed by atoms with Crippen LogP contribution in [0.1, 0.15) is 34.0 Å². The zero-order valence-electron chi connectivity index (χ0n) is 20.7. The number of hydrogen-bond donors (Lipinski definition) is 2. The molecule has 34 heavy (non-hydrogen) atoms. The zero-order chi connectivity index (χ0) is 24.0. The summed E-state index contributed by atoms with van der Waals surface area (Å²) in [4.78, 5) is 19.3. The second-order valence-corrected chi connectivity index (χ2v) is 15.7. The van der Waals surface area contributed by atoms with Crippen molar-refractivity contribution in [3.63, 3.8) is 0 Å². The van der Waals surface area contributed by atoms with E-state index in [1.54, 1.807) is 0 Å². The number of aromatic amines is 1. The van der Waals surface area contributed by atoms with Crippen LogP contribution in [0, 0.1) is 13.8 Å². The molecular formula is C29H33N3OSi. The van der Waals surface area contributed by atoms with Gasteiger partial charge in [0.1, 0.15) is 0 Å². The van der Waals surface area contributed by atoms with Gasteiger partial charge >= 0.3 is 6.03 Å². The smallest absolute Gasteiger partial charge is 0.322 e. The van der Waals surface area contributed by atoms with Crippen LogP contribution in [-0.4, -0.2) is 30.5 Å². The molecule has 1 aliphatic rings. The van der Waals surface area contributed by atoms with Crippen LogP contribution in [-0.2, 0) is 6.42 Å². The fraction of sp³-hybridized carbons (Fsp3) is 0.276. The van der Waals surface area contributed by atoms with E-state index in [2.05, 4.69) is 98.4 Å². The summed E-state index contributed by atoms with van der Waals surface area (Å²) in [5.74, 6) is 0. The fourth-order valence-corrected chi connectivity index (χ4v) is 6.38. The minimum Gasteiger partial charge on any atom is -0.356 e. The minimum atomic E-state index is -1.41. The molecule has 4 nitrogen and oxygen atoms in total. The zero-order valence-corrected chi connectivity index (χ0v) is 21.7. The topological polar surface area (TPSA) is 48.1 Å². The molecule has 174 valence electrons. The number of benzene rings is 3. The van der Waals surface area contributed by atoms with Gasteiger partial charge in [0.2, 0.25) is 0 Å². The fourth-order valence-electron chi connectivity index (χ4n) is 5.21. The molecular weight excluding hydrogens is 434 g/mol. The lowest BCUT2D eigenvalue weighted by atomic mass is 9.92. The Morgan fingerprint density at radius 2 is 1.65 bits per heavy atom. The first-order valence-electron chi connectivity index (χ1n) is 12.1. The maximum atomic E-state index is 13.6. The minimum absolute atomic E-state index is 0.0615. The molecule has 5 rings (SSSR count). The number of aryl methyl sites for hydroxylation is 2. The van der Waals surface area contributed by atoms with Gasteiger partial charge in [-0.15, -0.1) is 0 Å². The van der Waals surface area contributed by atoms with E-state index in [0.29, 0.717) is 6.54 Å². The average molecular weight is 468 g/mol. The first-order valence-corrected chi connectivity index (χ1v) is 15.6. The van der Waals surface area contributed by atoms with Crippen molar-refractivity contribution in [3.05, 3.63) is 94.7 Å². The van der Waals surface area contributed by atoms with E-state index < -0.39 is 8.07 Å². The first kappa shape index (κ1) is 22.5. The van der Waals surface area contributed by atoms with Crippen LogP contribution >= 0.6 is 0 Å². The predicted octanol–water partition coefficient (Wildman–Crippen LogP) is 6.51. The Labute approximate surface area is 203 Å². The van der Waals surface area contributed by atoms with Crippen molar-refractivity contribution in [2.75, 3.05) is 11.9 Å². The number of amides is 2. The maximum Gasteiger partial charge on any atom is 0.322 e. The normalized spacial score (nSPS) is 15.9. The number of carbonyl (C=O) groups is 1. The molecule has 0 saturated heterocycles. The number of hydrogen-bond acceptors (Lipinski definition) is 1. The lowest BCUT2D eigenvalue weighted by Crippen LogP contribution is -2.43. The SMILES string of the molecule is Cc1cc(C)cc(NC(=O)N2CCc3c([nH]c4ccccc34)C2c2ccc([Si](C)(C)C)cc2)c1. The summed E-state index contributed by atoms with van der Waals surface area (Å²) in [6.07, 6.45) is 0.836. The van der Waals surface area contributed by atoms with Crippen LogP contribution in [0.4, 0.5) is 10.5 Å². The predicted molar refractivity (Wildman–Crippen MR) is 145 cm³/mol. The van der Waals surface area contributed by atoms with Crippen LogP contribution in [0.5, 0.6) is 0 Å². The summed E-state index contributed by atoms with van der Waals surface area (Å²) < 4.78 is 0. The summed E-state index contributed by atoms with van der Waals surface area (Å²) in [6.45, 7) is 11.9. The van der Waals surface area contributed by atoms with Crippen LogP contribution in [0.2, 0.25) is 19.6 Å². The summed E-state index contributed by atoms with van der Waals surface area (Å²) >= 11 is 0.